The topological polar surface area (TPSA) is 29.5 Å². The van der Waals surface area contributed by atoms with Gasteiger partial charge >= 0.3 is 0 Å². The number of rotatable bonds is 1. The molecule has 0 aliphatic carbocycles. The zero-order chi connectivity index (χ0) is 8.43. The van der Waals surface area contributed by atoms with E-state index in [1.54, 1.807) is 6.92 Å². The van der Waals surface area contributed by atoms with E-state index in [-0.39, 0.29) is 12.0 Å². The minimum Gasteiger partial charge on any atom is -0.367 e. The molecule has 1 atom stereocenters. The van der Waals surface area contributed by atoms with Crippen LogP contribution in [0.25, 0.3) is 0 Å². The van der Waals surface area contributed by atoms with Gasteiger partial charge in [-0.2, -0.15) is 0 Å². The average Bonchev–Trinajstić information content (AvgIpc) is 1.94. The van der Waals surface area contributed by atoms with Crippen molar-refractivity contribution >= 4 is 5.91 Å². The second kappa shape index (κ2) is 3.22. The molecule has 1 heterocycles. The summed E-state index contributed by atoms with van der Waals surface area (Å²) in [5.41, 5.74) is 0. The molecule has 0 saturated carbocycles. The van der Waals surface area contributed by atoms with Crippen LogP contribution in [0.4, 0.5) is 0 Å². The molecule has 1 aliphatic rings. The van der Waals surface area contributed by atoms with Gasteiger partial charge in [0, 0.05) is 12.6 Å². The minimum absolute atomic E-state index is 0.117. The highest BCUT2D eigenvalue weighted by atomic mass is 16.5. The van der Waals surface area contributed by atoms with Crippen molar-refractivity contribution in [2.45, 2.75) is 32.9 Å². The van der Waals surface area contributed by atoms with E-state index >= 15 is 0 Å². The van der Waals surface area contributed by atoms with Gasteiger partial charge in [-0.25, -0.2) is 0 Å². The largest absolute Gasteiger partial charge is 0.367 e. The number of nitrogens with zero attached hydrogens (tertiary/aromatic N) is 1. The molecule has 1 rings (SSSR count). The maximum atomic E-state index is 11.4. The molecule has 1 aliphatic heterocycles. The Balaban J connectivity index is 2.58. The molecule has 0 aromatic rings. The van der Waals surface area contributed by atoms with Crippen molar-refractivity contribution in [2.24, 2.45) is 0 Å². The van der Waals surface area contributed by atoms with Crippen LogP contribution in [0.2, 0.25) is 0 Å². The second-order valence-electron chi connectivity index (χ2n) is 3.14. The summed E-state index contributed by atoms with van der Waals surface area (Å²) in [6, 6.07) is 0.300. The smallest absolute Gasteiger partial charge is 0.251 e. The predicted molar refractivity (Wildman–Crippen MR) is 42.3 cm³/mol. The second-order valence-corrected chi connectivity index (χ2v) is 3.14. The van der Waals surface area contributed by atoms with Gasteiger partial charge in [0.05, 0.1) is 6.61 Å². The molecule has 0 radical (unpaired) electrons. The number of ether oxygens (including phenoxy) is 1. The van der Waals surface area contributed by atoms with Gasteiger partial charge in [-0.3, -0.25) is 4.79 Å². The molecular weight excluding hydrogens is 142 g/mol. The van der Waals surface area contributed by atoms with E-state index in [9.17, 15) is 4.79 Å². The van der Waals surface area contributed by atoms with Crippen molar-refractivity contribution in [3.63, 3.8) is 0 Å². The monoisotopic (exact) mass is 157 g/mol. The first-order chi connectivity index (χ1) is 5.13. The normalized spacial score (nSPS) is 26.4. The van der Waals surface area contributed by atoms with Crippen molar-refractivity contribution in [1.29, 1.82) is 0 Å². The van der Waals surface area contributed by atoms with Crippen LogP contribution in [0.5, 0.6) is 0 Å². The van der Waals surface area contributed by atoms with Crippen LogP contribution < -0.4 is 0 Å². The SMILES string of the molecule is CC(C)N1CCO[C@@H](C)C1=O. The van der Waals surface area contributed by atoms with E-state index in [0.717, 1.165) is 6.54 Å². The Morgan fingerprint density at radius 1 is 1.64 bits per heavy atom. The van der Waals surface area contributed by atoms with Crippen LogP contribution in [0.15, 0.2) is 0 Å². The summed E-state index contributed by atoms with van der Waals surface area (Å²) >= 11 is 0. The maximum Gasteiger partial charge on any atom is 0.251 e. The van der Waals surface area contributed by atoms with E-state index in [1.165, 1.54) is 0 Å². The van der Waals surface area contributed by atoms with Crippen molar-refractivity contribution in [1.82, 2.24) is 4.90 Å². The van der Waals surface area contributed by atoms with Crippen LogP contribution in [0.1, 0.15) is 20.8 Å². The van der Waals surface area contributed by atoms with Crippen LogP contribution in [0.3, 0.4) is 0 Å². The minimum atomic E-state index is -0.244. The summed E-state index contributed by atoms with van der Waals surface area (Å²) in [7, 11) is 0. The Morgan fingerprint density at radius 2 is 2.27 bits per heavy atom. The molecule has 64 valence electrons. The Bertz CT molecular complexity index is 156. The Morgan fingerprint density at radius 3 is 2.73 bits per heavy atom. The zero-order valence-electron chi connectivity index (χ0n) is 7.33. The van der Waals surface area contributed by atoms with Crippen LogP contribution in [0, 0.1) is 0 Å². The molecule has 11 heavy (non-hydrogen) atoms. The molecular formula is C8H15NO2. The van der Waals surface area contributed by atoms with E-state index in [1.807, 2.05) is 18.7 Å². The lowest BCUT2D eigenvalue weighted by atomic mass is 10.2. The van der Waals surface area contributed by atoms with Gasteiger partial charge in [-0.05, 0) is 20.8 Å². The molecule has 0 spiro atoms. The van der Waals surface area contributed by atoms with Gasteiger partial charge < -0.3 is 9.64 Å². The third-order valence-corrected chi connectivity index (χ3v) is 1.95. The first kappa shape index (κ1) is 8.53. The Labute approximate surface area is 67.3 Å². The van der Waals surface area contributed by atoms with Gasteiger partial charge in [0.15, 0.2) is 0 Å². The fourth-order valence-corrected chi connectivity index (χ4v) is 1.26. The molecule has 0 aromatic carbocycles. The Kier molecular flexibility index (Phi) is 2.49. The third kappa shape index (κ3) is 1.71. The van der Waals surface area contributed by atoms with Gasteiger partial charge in [-0.1, -0.05) is 0 Å². The highest BCUT2D eigenvalue weighted by Crippen LogP contribution is 2.09. The van der Waals surface area contributed by atoms with Crippen LogP contribution in [-0.4, -0.2) is 36.1 Å². The summed E-state index contributed by atoms with van der Waals surface area (Å²) in [5.74, 6) is 0.117. The van der Waals surface area contributed by atoms with Gasteiger partial charge in [0.2, 0.25) is 0 Å². The third-order valence-electron chi connectivity index (χ3n) is 1.95. The molecule has 3 heteroatoms. The molecule has 1 amide bonds. The number of carbonyl (C=O) groups is 1. The summed E-state index contributed by atoms with van der Waals surface area (Å²) in [4.78, 5) is 13.2. The lowest BCUT2D eigenvalue weighted by molar-refractivity contribution is -0.153. The first-order valence-corrected chi connectivity index (χ1v) is 4.05. The maximum absolute atomic E-state index is 11.4. The molecule has 1 saturated heterocycles. The number of hydrogen-bond acceptors (Lipinski definition) is 2. The molecule has 1 fully saturated rings. The van der Waals surface area contributed by atoms with Crippen molar-refractivity contribution in [3.05, 3.63) is 0 Å². The number of morpholine rings is 1. The fraction of sp³-hybridized carbons (Fsp3) is 0.875. The molecule has 0 bridgehead atoms. The Hall–Kier alpha value is -0.570. The summed E-state index contributed by atoms with van der Waals surface area (Å²) in [5, 5.41) is 0. The highest BCUT2D eigenvalue weighted by Gasteiger charge is 2.27. The molecule has 0 unspecified atom stereocenters. The van der Waals surface area contributed by atoms with Gasteiger partial charge in [-0.15, -0.1) is 0 Å². The van der Waals surface area contributed by atoms with Crippen molar-refractivity contribution < 1.29 is 9.53 Å². The zero-order valence-corrected chi connectivity index (χ0v) is 7.33. The molecule has 0 aromatic heterocycles. The summed E-state index contributed by atoms with van der Waals surface area (Å²) < 4.78 is 5.18. The van der Waals surface area contributed by atoms with Crippen molar-refractivity contribution in [2.75, 3.05) is 13.2 Å². The number of carbonyl (C=O) groups excluding carboxylic acids is 1. The molecule has 0 N–H and O–H groups in total. The van der Waals surface area contributed by atoms with Gasteiger partial charge in [0.25, 0.3) is 5.91 Å². The summed E-state index contributed by atoms with van der Waals surface area (Å²) in [6.45, 7) is 7.26. The average molecular weight is 157 g/mol. The van der Waals surface area contributed by atoms with E-state index in [4.69, 9.17) is 4.74 Å². The van der Waals surface area contributed by atoms with Gasteiger partial charge in [0.1, 0.15) is 6.10 Å². The van der Waals surface area contributed by atoms with E-state index < -0.39 is 0 Å². The lowest BCUT2D eigenvalue weighted by Gasteiger charge is -2.33. The number of amides is 1. The molecule has 3 nitrogen and oxygen atoms in total. The van der Waals surface area contributed by atoms with E-state index in [0.29, 0.717) is 12.6 Å². The number of hydrogen-bond donors (Lipinski definition) is 0. The summed E-state index contributed by atoms with van der Waals surface area (Å²) in [6.07, 6.45) is -0.244. The predicted octanol–water partition coefficient (Wildman–Crippen LogP) is 0.642. The quantitative estimate of drug-likeness (QED) is 0.559. The van der Waals surface area contributed by atoms with Crippen molar-refractivity contribution in [3.8, 4) is 0 Å². The van der Waals surface area contributed by atoms with Crippen LogP contribution in [-0.2, 0) is 9.53 Å². The van der Waals surface area contributed by atoms with E-state index in [2.05, 4.69) is 0 Å². The first-order valence-electron chi connectivity index (χ1n) is 4.05. The fourth-order valence-electron chi connectivity index (χ4n) is 1.26. The standard InChI is InChI=1S/C8H15NO2/c1-6(2)9-4-5-11-7(3)8(9)10/h6-7H,4-5H2,1-3H3/t7-/m0/s1. The van der Waals surface area contributed by atoms with Crippen LogP contribution >= 0.6 is 0 Å². The lowest BCUT2D eigenvalue weighted by Crippen LogP contribution is -2.49. The highest BCUT2D eigenvalue weighted by molar-refractivity contribution is 5.81.